The van der Waals surface area contributed by atoms with Crippen LogP contribution in [0.3, 0.4) is 0 Å². The number of aromatic nitrogens is 5. The highest BCUT2D eigenvalue weighted by molar-refractivity contribution is 5.54. The van der Waals surface area contributed by atoms with E-state index in [-0.39, 0.29) is 0 Å². The van der Waals surface area contributed by atoms with E-state index >= 15 is 0 Å². The highest BCUT2D eigenvalue weighted by Gasteiger charge is 2.15. The van der Waals surface area contributed by atoms with Gasteiger partial charge in [0, 0.05) is 5.56 Å². The van der Waals surface area contributed by atoms with Crippen molar-refractivity contribution in [2.75, 3.05) is 7.05 Å². The third-order valence-electron chi connectivity index (χ3n) is 4.13. The van der Waals surface area contributed by atoms with Gasteiger partial charge in [0.15, 0.2) is 0 Å². The van der Waals surface area contributed by atoms with Crippen LogP contribution in [0, 0.1) is 0 Å². The van der Waals surface area contributed by atoms with Crippen LogP contribution in [-0.4, -0.2) is 43.3 Å². The summed E-state index contributed by atoms with van der Waals surface area (Å²) in [5.41, 5.74) is 2.13. The molecule has 3 aromatic rings. The van der Waals surface area contributed by atoms with Gasteiger partial charge in [0.1, 0.15) is 18.7 Å². The zero-order valence-electron chi connectivity index (χ0n) is 15.5. The highest BCUT2D eigenvalue weighted by atomic mass is 19.3. The van der Waals surface area contributed by atoms with Crippen molar-refractivity contribution < 1.29 is 13.3 Å². The molecule has 0 N–H and O–H groups in total. The van der Waals surface area contributed by atoms with Crippen LogP contribution in [0.4, 0.5) is 8.78 Å². The van der Waals surface area contributed by atoms with Gasteiger partial charge in [-0.25, -0.2) is 18.4 Å². The number of rotatable bonds is 8. The Kier molecular flexibility index (Phi) is 5.90. The minimum atomic E-state index is -2.48. The molecule has 7 nitrogen and oxygen atoms in total. The van der Waals surface area contributed by atoms with Crippen LogP contribution in [0.15, 0.2) is 35.1 Å². The minimum Gasteiger partial charge on any atom is -0.338 e. The summed E-state index contributed by atoms with van der Waals surface area (Å²) >= 11 is 0. The molecule has 27 heavy (non-hydrogen) atoms. The van der Waals surface area contributed by atoms with E-state index in [1.165, 1.54) is 16.6 Å². The van der Waals surface area contributed by atoms with Gasteiger partial charge in [-0.3, -0.25) is 4.90 Å². The van der Waals surface area contributed by atoms with E-state index in [4.69, 9.17) is 4.52 Å². The fourth-order valence-electron chi connectivity index (χ4n) is 2.68. The minimum absolute atomic E-state index is 0.341. The monoisotopic (exact) mass is 376 g/mol. The summed E-state index contributed by atoms with van der Waals surface area (Å²) in [7, 11) is 1.82. The first kappa shape index (κ1) is 19.1. The van der Waals surface area contributed by atoms with Crippen molar-refractivity contribution in [3.05, 3.63) is 47.9 Å². The van der Waals surface area contributed by atoms with Crippen LogP contribution < -0.4 is 0 Å². The van der Waals surface area contributed by atoms with E-state index in [1.54, 1.807) is 0 Å². The normalized spacial score (nSPS) is 11.9. The number of alkyl halides is 2. The third-order valence-corrected chi connectivity index (χ3v) is 4.13. The predicted octanol–water partition coefficient (Wildman–Crippen LogP) is 3.35. The molecular formula is C18H22F2N6O. The zero-order chi connectivity index (χ0) is 19.4. The predicted molar refractivity (Wildman–Crippen MR) is 95.0 cm³/mol. The maximum Gasteiger partial charge on any atom is 0.257 e. The maximum atomic E-state index is 12.6. The molecule has 0 saturated heterocycles. The summed E-state index contributed by atoms with van der Waals surface area (Å²) in [6, 6.07) is 8.05. The lowest BCUT2D eigenvalue weighted by Crippen LogP contribution is -2.22. The van der Waals surface area contributed by atoms with Gasteiger partial charge in [0.05, 0.1) is 13.1 Å². The van der Waals surface area contributed by atoms with Gasteiger partial charge in [0.25, 0.3) is 6.43 Å². The van der Waals surface area contributed by atoms with Gasteiger partial charge in [-0.2, -0.15) is 10.1 Å². The fraction of sp³-hybridized carbons (Fsp3) is 0.444. The molecule has 0 aliphatic carbocycles. The topological polar surface area (TPSA) is 72.9 Å². The van der Waals surface area contributed by atoms with Crippen molar-refractivity contribution in [1.29, 1.82) is 0 Å². The van der Waals surface area contributed by atoms with Crippen LogP contribution in [0.1, 0.15) is 37.0 Å². The van der Waals surface area contributed by atoms with Gasteiger partial charge in [-0.15, -0.1) is 0 Å². The Morgan fingerprint density at radius 1 is 1.15 bits per heavy atom. The molecule has 0 radical (unpaired) electrons. The summed E-state index contributed by atoms with van der Waals surface area (Å²) < 4.78 is 31.6. The van der Waals surface area contributed by atoms with Gasteiger partial charge in [-0.05, 0) is 18.5 Å². The van der Waals surface area contributed by atoms with E-state index in [0.29, 0.717) is 36.5 Å². The average Bonchev–Trinajstić information content (AvgIpc) is 3.24. The summed E-state index contributed by atoms with van der Waals surface area (Å²) in [6.07, 6.45) is -1.20. The van der Waals surface area contributed by atoms with Crippen molar-refractivity contribution in [2.45, 2.75) is 45.8 Å². The Labute approximate surface area is 156 Å². The first-order valence-corrected chi connectivity index (χ1v) is 8.68. The van der Waals surface area contributed by atoms with Gasteiger partial charge in [-0.1, -0.05) is 43.3 Å². The number of hydrogen-bond donors (Lipinski definition) is 0. The maximum absolute atomic E-state index is 12.6. The number of hydrogen-bond acceptors (Lipinski definition) is 6. The summed E-state index contributed by atoms with van der Waals surface area (Å²) in [5.74, 6) is 1.89. The van der Waals surface area contributed by atoms with Crippen molar-refractivity contribution in [2.24, 2.45) is 0 Å². The molecule has 0 bridgehead atoms. The van der Waals surface area contributed by atoms with Gasteiger partial charge < -0.3 is 4.52 Å². The molecule has 2 heterocycles. The molecule has 144 valence electrons. The summed E-state index contributed by atoms with van der Waals surface area (Å²) in [6.45, 7) is 4.52. The van der Waals surface area contributed by atoms with Crippen molar-refractivity contribution >= 4 is 0 Å². The van der Waals surface area contributed by atoms with E-state index < -0.39 is 13.0 Å². The zero-order valence-corrected chi connectivity index (χ0v) is 15.5. The lowest BCUT2D eigenvalue weighted by Gasteiger charge is -2.14. The molecule has 2 aromatic heterocycles. The largest absolute Gasteiger partial charge is 0.338 e. The quantitative estimate of drug-likeness (QED) is 0.600. The molecule has 0 unspecified atom stereocenters. The molecule has 9 heteroatoms. The van der Waals surface area contributed by atoms with E-state index in [1.807, 2.05) is 24.1 Å². The van der Waals surface area contributed by atoms with E-state index in [2.05, 4.69) is 46.2 Å². The molecule has 3 rings (SSSR count). The molecular weight excluding hydrogens is 354 g/mol. The summed E-state index contributed by atoms with van der Waals surface area (Å²) in [4.78, 5) is 10.3. The van der Waals surface area contributed by atoms with Gasteiger partial charge in [0.2, 0.25) is 11.7 Å². The van der Waals surface area contributed by atoms with Crippen LogP contribution in [0.5, 0.6) is 0 Å². The molecule has 0 fully saturated rings. The first-order chi connectivity index (χ1) is 12.9. The van der Waals surface area contributed by atoms with Crippen LogP contribution in [0.2, 0.25) is 0 Å². The Balaban J connectivity index is 1.62. The van der Waals surface area contributed by atoms with Gasteiger partial charge >= 0.3 is 0 Å². The average molecular weight is 376 g/mol. The molecule has 0 atom stereocenters. The third kappa shape index (κ3) is 4.94. The van der Waals surface area contributed by atoms with Crippen LogP contribution >= 0.6 is 0 Å². The molecule has 0 spiro atoms. The fourth-order valence-corrected chi connectivity index (χ4v) is 2.68. The first-order valence-electron chi connectivity index (χ1n) is 8.68. The molecule has 0 aliphatic rings. The van der Waals surface area contributed by atoms with E-state index in [9.17, 15) is 8.78 Å². The summed E-state index contributed by atoms with van der Waals surface area (Å²) in [5, 5.41) is 7.85. The smallest absolute Gasteiger partial charge is 0.257 e. The standard InChI is InChI=1S/C18H22F2N6O/c1-12(2)13-4-6-14(7-5-13)18-23-17(27-24-18)10-25(3)9-16-21-11-22-26(16)8-15(19)20/h4-7,11-12,15H,8-10H2,1-3H3. The Morgan fingerprint density at radius 2 is 1.89 bits per heavy atom. The number of benzene rings is 1. The molecule has 0 amide bonds. The molecule has 0 saturated carbocycles. The molecule has 1 aromatic carbocycles. The second kappa shape index (κ2) is 8.34. The number of nitrogens with zero attached hydrogens (tertiary/aromatic N) is 6. The highest BCUT2D eigenvalue weighted by Crippen LogP contribution is 2.20. The SMILES string of the molecule is CC(C)c1ccc(-c2noc(CN(C)Cc3ncnn3CC(F)F)n2)cc1. The van der Waals surface area contributed by atoms with E-state index in [0.717, 1.165) is 5.56 Å². The number of halogens is 2. The lowest BCUT2D eigenvalue weighted by molar-refractivity contribution is 0.118. The van der Waals surface area contributed by atoms with Crippen molar-refractivity contribution in [3.63, 3.8) is 0 Å². The van der Waals surface area contributed by atoms with Crippen LogP contribution in [0.25, 0.3) is 11.4 Å². The second-order valence-corrected chi connectivity index (χ2v) is 6.71. The Morgan fingerprint density at radius 3 is 2.56 bits per heavy atom. The lowest BCUT2D eigenvalue weighted by atomic mass is 10.0. The van der Waals surface area contributed by atoms with Crippen molar-refractivity contribution in [3.8, 4) is 11.4 Å². The van der Waals surface area contributed by atoms with Crippen molar-refractivity contribution in [1.82, 2.24) is 29.8 Å². The van der Waals surface area contributed by atoms with Crippen LogP contribution in [-0.2, 0) is 19.6 Å². The second-order valence-electron chi connectivity index (χ2n) is 6.71. The Hall–Kier alpha value is -2.68. The Bertz CT molecular complexity index is 859. The molecule has 0 aliphatic heterocycles.